The minimum atomic E-state index is -3.30. The maximum absolute atomic E-state index is 14.9. The van der Waals surface area contributed by atoms with Gasteiger partial charge in [-0.1, -0.05) is 30.3 Å². The van der Waals surface area contributed by atoms with Crippen LogP contribution in [0.4, 0.5) is 19.4 Å². The van der Waals surface area contributed by atoms with Gasteiger partial charge in [0, 0.05) is 37.8 Å². The Kier molecular flexibility index (Phi) is 5.93. The Bertz CT molecular complexity index is 867. The van der Waals surface area contributed by atoms with Gasteiger partial charge in [0.25, 0.3) is 0 Å². The van der Waals surface area contributed by atoms with E-state index in [9.17, 15) is 13.6 Å². The van der Waals surface area contributed by atoms with Crippen LogP contribution in [0.2, 0.25) is 5.28 Å². The average molecular weight is 425 g/mol. The first-order valence-electron chi connectivity index (χ1n) is 9.27. The average Bonchev–Trinajstić information content (AvgIpc) is 2.67. The predicted molar refractivity (Wildman–Crippen MR) is 107 cm³/mol. The maximum atomic E-state index is 14.9. The summed E-state index contributed by atoms with van der Waals surface area (Å²) in [7, 11) is 0. The van der Waals surface area contributed by atoms with Crippen molar-refractivity contribution in [3.05, 3.63) is 52.9 Å². The van der Waals surface area contributed by atoms with E-state index >= 15 is 0 Å². The third kappa shape index (κ3) is 5.12. The number of benzene rings is 1. The van der Waals surface area contributed by atoms with E-state index < -0.39 is 23.3 Å². The van der Waals surface area contributed by atoms with Crippen LogP contribution in [0.15, 0.2) is 36.4 Å². The van der Waals surface area contributed by atoms with E-state index in [0.717, 1.165) is 0 Å². The molecule has 1 aliphatic rings. The van der Waals surface area contributed by atoms with Gasteiger partial charge in [0.2, 0.25) is 5.28 Å². The molecule has 2 aromatic rings. The van der Waals surface area contributed by atoms with Gasteiger partial charge in [-0.2, -0.15) is 8.78 Å². The zero-order valence-electron chi connectivity index (χ0n) is 16.5. The number of hydrogen-bond donors (Lipinski definition) is 0. The van der Waals surface area contributed by atoms with Gasteiger partial charge in [-0.3, -0.25) is 0 Å². The molecule has 0 N–H and O–H groups in total. The van der Waals surface area contributed by atoms with E-state index in [0.29, 0.717) is 32.0 Å². The first-order chi connectivity index (χ1) is 13.6. The summed E-state index contributed by atoms with van der Waals surface area (Å²) in [6.45, 7) is 7.03. The molecule has 1 aromatic carbocycles. The summed E-state index contributed by atoms with van der Waals surface area (Å²) >= 11 is 5.95. The highest BCUT2D eigenvalue weighted by molar-refractivity contribution is 6.28. The van der Waals surface area contributed by atoms with Crippen molar-refractivity contribution in [3.8, 4) is 0 Å². The van der Waals surface area contributed by atoms with Crippen LogP contribution in [0.5, 0.6) is 0 Å². The lowest BCUT2D eigenvalue weighted by atomic mass is 10.1. The number of anilines is 1. The highest BCUT2D eigenvalue weighted by Crippen LogP contribution is 2.36. The molecule has 9 heteroatoms. The standard InChI is InChI=1S/C20H23ClF2N4O2/c1-19(2,3)29-18(28)27-11-9-26(10-12-27)16-13-15(24-17(21)25-16)20(22,23)14-7-5-4-6-8-14/h4-8,13H,9-12H2,1-3H3. The van der Waals surface area contributed by atoms with Crippen LogP contribution in [0, 0.1) is 0 Å². The second-order valence-electron chi connectivity index (χ2n) is 7.78. The van der Waals surface area contributed by atoms with Crippen molar-refractivity contribution in [1.82, 2.24) is 14.9 Å². The highest BCUT2D eigenvalue weighted by Gasteiger charge is 2.37. The van der Waals surface area contributed by atoms with Crippen LogP contribution in [0.25, 0.3) is 0 Å². The lowest BCUT2D eigenvalue weighted by Gasteiger charge is -2.36. The minimum Gasteiger partial charge on any atom is -0.444 e. The number of halogens is 3. The lowest BCUT2D eigenvalue weighted by Crippen LogP contribution is -2.50. The molecule has 1 aromatic heterocycles. The second kappa shape index (κ2) is 8.10. The Morgan fingerprint density at radius 1 is 1.07 bits per heavy atom. The number of hydrogen-bond acceptors (Lipinski definition) is 5. The van der Waals surface area contributed by atoms with Gasteiger partial charge in [0.05, 0.1) is 0 Å². The summed E-state index contributed by atoms with van der Waals surface area (Å²) in [6.07, 6.45) is -0.394. The maximum Gasteiger partial charge on any atom is 0.410 e. The van der Waals surface area contributed by atoms with Crippen LogP contribution in [0.3, 0.4) is 0 Å². The molecule has 0 saturated carbocycles. The lowest BCUT2D eigenvalue weighted by molar-refractivity contribution is 0.0240. The summed E-state index contributed by atoms with van der Waals surface area (Å²) in [4.78, 5) is 23.4. The second-order valence-corrected chi connectivity index (χ2v) is 8.11. The van der Waals surface area contributed by atoms with Gasteiger partial charge in [0.15, 0.2) is 0 Å². The smallest absolute Gasteiger partial charge is 0.410 e. The molecule has 0 radical (unpaired) electrons. The summed E-state index contributed by atoms with van der Waals surface area (Å²) in [5.41, 5.74) is -1.21. The molecule has 0 atom stereocenters. The molecule has 1 saturated heterocycles. The van der Waals surface area contributed by atoms with Crippen molar-refractivity contribution in [2.45, 2.75) is 32.3 Å². The quantitative estimate of drug-likeness (QED) is 0.686. The number of rotatable bonds is 3. The summed E-state index contributed by atoms with van der Waals surface area (Å²) in [6, 6.07) is 8.69. The molecule has 0 aliphatic carbocycles. The van der Waals surface area contributed by atoms with Crippen molar-refractivity contribution >= 4 is 23.5 Å². The predicted octanol–water partition coefficient (Wildman–Crippen LogP) is 4.33. The summed E-state index contributed by atoms with van der Waals surface area (Å²) in [5, 5.41) is -0.248. The van der Waals surface area contributed by atoms with Crippen molar-refractivity contribution in [2.24, 2.45) is 0 Å². The van der Waals surface area contributed by atoms with E-state index in [1.165, 1.54) is 18.2 Å². The molecular formula is C20H23ClF2N4O2. The molecule has 0 unspecified atom stereocenters. The highest BCUT2D eigenvalue weighted by atomic mass is 35.5. The van der Waals surface area contributed by atoms with Gasteiger partial charge in [0.1, 0.15) is 17.1 Å². The van der Waals surface area contributed by atoms with Crippen molar-refractivity contribution in [1.29, 1.82) is 0 Å². The molecule has 6 nitrogen and oxygen atoms in total. The first-order valence-corrected chi connectivity index (χ1v) is 9.65. The van der Waals surface area contributed by atoms with E-state index in [1.807, 2.05) is 0 Å². The van der Waals surface area contributed by atoms with E-state index in [4.69, 9.17) is 16.3 Å². The monoisotopic (exact) mass is 424 g/mol. The first kappa shape index (κ1) is 21.2. The zero-order valence-corrected chi connectivity index (χ0v) is 17.3. The Labute approximate surface area is 173 Å². The van der Waals surface area contributed by atoms with Crippen molar-refractivity contribution in [3.63, 3.8) is 0 Å². The molecule has 156 valence electrons. The third-order valence-corrected chi connectivity index (χ3v) is 4.57. The van der Waals surface area contributed by atoms with Crippen molar-refractivity contribution < 1.29 is 18.3 Å². The fourth-order valence-corrected chi connectivity index (χ4v) is 3.15. The molecule has 0 bridgehead atoms. The SMILES string of the molecule is CC(C)(C)OC(=O)N1CCN(c2cc(C(F)(F)c3ccccc3)nc(Cl)n2)CC1. The number of aromatic nitrogens is 2. The van der Waals surface area contributed by atoms with E-state index in [1.54, 1.807) is 48.8 Å². The van der Waals surface area contributed by atoms with Crippen LogP contribution >= 0.6 is 11.6 Å². The van der Waals surface area contributed by atoms with Crippen molar-refractivity contribution in [2.75, 3.05) is 31.1 Å². The number of carbonyl (C=O) groups excluding carboxylic acids is 1. The topological polar surface area (TPSA) is 58.6 Å². The molecule has 0 spiro atoms. The number of alkyl halides is 2. The largest absolute Gasteiger partial charge is 0.444 e. The summed E-state index contributed by atoms with van der Waals surface area (Å²) in [5.74, 6) is -3.00. The molecule has 1 amide bonds. The Morgan fingerprint density at radius 2 is 1.69 bits per heavy atom. The van der Waals surface area contributed by atoms with Gasteiger partial charge in [-0.05, 0) is 32.4 Å². The molecule has 3 rings (SSSR count). The molecule has 1 fully saturated rings. The van der Waals surface area contributed by atoms with Crippen LogP contribution in [0.1, 0.15) is 32.0 Å². The number of carbonyl (C=O) groups is 1. The van der Waals surface area contributed by atoms with Gasteiger partial charge < -0.3 is 14.5 Å². The fourth-order valence-electron chi connectivity index (χ4n) is 2.97. The normalized spacial score (nSPS) is 15.4. The number of ether oxygens (including phenoxy) is 1. The Balaban J connectivity index is 1.75. The zero-order chi connectivity index (χ0) is 21.2. The number of piperazine rings is 1. The molecule has 1 aliphatic heterocycles. The Morgan fingerprint density at radius 3 is 2.28 bits per heavy atom. The molecule has 2 heterocycles. The number of nitrogens with zero attached hydrogens (tertiary/aromatic N) is 4. The van der Waals surface area contributed by atoms with Crippen LogP contribution in [-0.2, 0) is 10.7 Å². The number of amides is 1. The Hall–Kier alpha value is -2.48. The van der Waals surface area contributed by atoms with Gasteiger partial charge in [-0.25, -0.2) is 14.8 Å². The third-order valence-electron chi connectivity index (χ3n) is 4.40. The molecule has 29 heavy (non-hydrogen) atoms. The van der Waals surface area contributed by atoms with Crippen LogP contribution in [-0.4, -0.2) is 52.7 Å². The van der Waals surface area contributed by atoms with E-state index in [-0.39, 0.29) is 10.8 Å². The van der Waals surface area contributed by atoms with E-state index in [2.05, 4.69) is 9.97 Å². The fraction of sp³-hybridized carbons (Fsp3) is 0.450. The van der Waals surface area contributed by atoms with Gasteiger partial charge >= 0.3 is 12.0 Å². The molecular weight excluding hydrogens is 402 g/mol. The minimum absolute atomic E-state index is 0.171. The van der Waals surface area contributed by atoms with Gasteiger partial charge in [-0.15, -0.1) is 0 Å². The summed E-state index contributed by atoms with van der Waals surface area (Å²) < 4.78 is 35.2. The van der Waals surface area contributed by atoms with Crippen LogP contribution < -0.4 is 4.90 Å².